The number of benzene rings is 1. The Balaban J connectivity index is 1.50. The molecule has 1 aromatic heterocycles. The molecular formula is C21H23F2N3O. The lowest BCUT2D eigenvalue weighted by Gasteiger charge is -2.30. The number of pyridine rings is 1. The van der Waals surface area contributed by atoms with Gasteiger partial charge >= 0.3 is 0 Å². The van der Waals surface area contributed by atoms with Crippen LogP contribution in [0.5, 0.6) is 0 Å². The lowest BCUT2D eigenvalue weighted by molar-refractivity contribution is 0.0767. The number of carbonyl (C=O) groups is 1. The van der Waals surface area contributed by atoms with Gasteiger partial charge in [-0.3, -0.25) is 14.7 Å². The second-order valence-electron chi connectivity index (χ2n) is 7.47. The molecule has 2 aliphatic heterocycles. The fourth-order valence-electron chi connectivity index (χ4n) is 4.32. The minimum atomic E-state index is -0.819. The summed E-state index contributed by atoms with van der Waals surface area (Å²) in [6, 6.07) is 9.72. The number of hydrogen-bond donors (Lipinski definition) is 0. The number of carbonyl (C=O) groups excluding carboxylic acids is 1. The molecule has 4 nitrogen and oxygen atoms in total. The van der Waals surface area contributed by atoms with Gasteiger partial charge in [-0.15, -0.1) is 0 Å². The molecule has 4 rings (SSSR count). The molecule has 0 bridgehead atoms. The first kappa shape index (κ1) is 18.0. The monoisotopic (exact) mass is 371 g/mol. The van der Waals surface area contributed by atoms with E-state index in [1.165, 1.54) is 12.1 Å². The van der Waals surface area contributed by atoms with Crippen molar-refractivity contribution in [3.05, 3.63) is 65.5 Å². The van der Waals surface area contributed by atoms with Crippen LogP contribution in [0.2, 0.25) is 0 Å². The second-order valence-corrected chi connectivity index (χ2v) is 7.47. The van der Waals surface area contributed by atoms with Crippen LogP contribution in [0.3, 0.4) is 0 Å². The van der Waals surface area contributed by atoms with Gasteiger partial charge in [0.25, 0.3) is 5.91 Å². The molecule has 1 amide bonds. The van der Waals surface area contributed by atoms with Crippen molar-refractivity contribution in [1.82, 2.24) is 14.8 Å². The molecule has 2 atom stereocenters. The Morgan fingerprint density at radius 3 is 2.78 bits per heavy atom. The highest BCUT2D eigenvalue weighted by atomic mass is 19.2. The van der Waals surface area contributed by atoms with Crippen molar-refractivity contribution in [2.75, 3.05) is 19.6 Å². The zero-order valence-corrected chi connectivity index (χ0v) is 15.2. The molecule has 142 valence electrons. The van der Waals surface area contributed by atoms with E-state index in [2.05, 4.69) is 9.88 Å². The van der Waals surface area contributed by atoms with Gasteiger partial charge in [-0.2, -0.15) is 0 Å². The molecule has 1 aromatic carbocycles. The molecule has 2 fully saturated rings. The summed E-state index contributed by atoms with van der Waals surface area (Å²) in [6.45, 7) is 2.87. The van der Waals surface area contributed by atoms with Crippen LogP contribution in [0.15, 0.2) is 42.6 Å². The molecule has 0 unspecified atom stereocenters. The summed E-state index contributed by atoms with van der Waals surface area (Å²) < 4.78 is 26.8. The third-order valence-electron chi connectivity index (χ3n) is 5.69. The van der Waals surface area contributed by atoms with E-state index in [0.717, 1.165) is 37.9 Å². The molecule has 27 heavy (non-hydrogen) atoms. The topological polar surface area (TPSA) is 36.4 Å². The highest BCUT2D eigenvalue weighted by molar-refractivity contribution is 5.92. The minimum Gasteiger partial charge on any atom is -0.335 e. The maximum atomic E-state index is 13.6. The zero-order chi connectivity index (χ0) is 18.8. The summed E-state index contributed by atoms with van der Waals surface area (Å²) in [5.41, 5.74) is 1.24. The zero-order valence-electron chi connectivity index (χ0n) is 15.2. The van der Waals surface area contributed by atoms with Crippen molar-refractivity contribution in [2.24, 2.45) is 5.92 Å². The van der Waals surface area contributed by atoms with Gasteiger partial charge in [0.05, 0.1) is 0 Å². The first-order valence-electron chi connectivity index (χ1n) is 9.50. The van der Waals surface area contributed by atoms with E-state index in [1.807, 2.05) is 11.0 Å². The third kappa shape index (κ3) is 3.86. The number of halogens is 2. The number of aromatic nitrogens is 1. The number of rotatable bonds is 3. The summed E-state index contributed by atoms with van der Waals surface area (Å²) in [4.78, 5) is 21.2. The Kier molecular flexibility index (Phi) is 5.16. The van der Waals surface area contributed by atoms with Crippen molar-refractivity contribution in [2.45, 2.75) is 31.8 Å². The van der Waals surface area contributed by atoms with Crippen LogP contribution < -0.4 is 0 Å². The Hall–Kier alpha value is -2.34. The number of nitrogens with zero attached hydrogens (tertiary/aromatic N) is 3. The first-order chi connectivity index (χ1) is 13.1. The van der Waals surface area contributed by atoms with E-state index in [9.17, 15) is 13.6 Å². The number of amides is 1. The minimum absolute atomic E-state index is 0.0311. The lowest BCUT2D eigenvalue weighted by Crippen LogP contribution is -2.40. The van der Waals surface area contributed by atoms with Gasteiger partial charge in [0.2, 0.25) is 0 Å². The number of fused-ring (bicyclic) bond motifs is 1. The molecule has 0 radical (unpaired) electrons. The van der Waals surface area contributed by atoms with E-state index in [-0.39, 0.29) is 11.9 Å². The summed E-state index contributed by atoms with van der Waals surface area (Å²) in [5, 5.41) is 0. The predicted molar refractivity (Wildman–Crippen MR) is 98.0 cm³/mol. The molecule has 0 spiro atoms. The molecule has 0 N–H and O–H groups in total. The molecule has 0 saturated carbocycles. The van der Waals surface area contributed by atoms with Crippen LogP contribution in [0.25, 0.3) is 0 Å². The van der Waals surface area contributed by atoms with Crippen molar-refractivity contribution < 1.29 is 13.6 Å². The van der Waals surface area contributed by atoms with E-state index in [1.54, 1.807) is 24.4 Å². The number of hydrogen-bond acceptors (Lipinski definition) is 3. The van der Waals surface area contributed by atoms with E-state index in [0.29, 0.717) is 24.7 Å². The van der Waals surface area contributed by atoms with E-state index >= 15 is 0 Å². The van der Waals surface area contributed by atoms with Crippen LogP contribution in [-0.4, -0.2) is 46.4 Å². The third-order valence-corrected chi connectivity index (χ3v) is 5.69. The average molecular weight is 371 g/mol. The average Bonchev–Trinajstić information content (AvgIpc) is 3.02. The van der Waals surface area contributed by atoms with Crippen LogP contribution in [0, 0.1) is 17.6 Å². The van der Waals surface area contributed by atoms with E-state index < -0.39 is 11.6 Å². The van der Waals surface area contributed by atoms with Crippen LogP contribution in [0.4, 0.5) is 8.78 Å². The van der Waals surface area contributed by atoms with Crippen LogP contribution >= 0.6 is 0 Å². The first-order valence-corrected chi connectivity index (χ1v) is 9.50. The van der Waals surface area contributed by atoms with Gasteiger partial charge in [0, 0.05) is 31.9 Å². The summed E-state index contributed by atoms with van der Waals surface area (Å²) in [7, 11) is 0. The van der Waals surface area contributed by atoms with Gasteiger partial charge in [-0.05, 0) is 55.1 Å². The SMILES string of the molecule is O=C(c1ccccn1)N1C[C@@H]2CCCCN(Cc3ccc(F)c(F)c3)[C@@H]2C1. The Labute approximate surface area is 157 Å². The molecule has 2 saturated heterocycles. The van der Waals surface area contributed by atoms with Crippen molar-refractivity contribution in [3.63, 3.8) is 0 Å². The fourth-order valence-corrected chi connectivity index (χ4v) is 4.32. The predicted octanol–water partition coefficient (Wildman–Crippen LogP) is 3.49. The van der Waals surface area contributed by atoms with Crippen molar-refractivity contribution in [3.8, 4) is 0 Å². The Morgan fingerprint density at radius 1 is 1.11 bits per heavy atom. The molecule has 6 heteroatoms. The quantitative estimate of drug-likeness (QED) is 0.829. The molecule has 2 aliphatic rings. The van der Waals surface area contributed by atoms with Gasteiger partial charge in [0.15, 0.2) is 11.6 Å². The maximum Gasteiger partial charge on any atom is 0.272 e. The van der Waals surface area contributed by atoms with Crippen LogP contribution in [-0.2, 0) is 6.54 Å². The summed E-state index contributed by atoms with van der Waals surface area (Å²) >= 11 is 0. The van der Waals surface area contributed by atoms with Gasteiger partial charge in [-0.25, -0.2) is 8.78 Å². The van der Waals surface area contributed by atoms with Crippen LogP contribution in [0.1, 0.15) is 35.3 Å². The number of likely N-dealkylation sites (tertiary alicyclic amines) is 2. The van der Waals surface area contributed by atoms with Crippen molar-refractivity contribution in [1.29, 1.82) is 0 Å². The smallest absolute Gasteiger partial charge is 0.272 e. The van der Waals surface area contributed by atoms with Gasteiger partial charge in [0.1, 0.15) is 5.69 Å². The maximum absolute atomic E-state index is 13.6. The summed E-state index contributed by atoms with van der Waals surface area (Å²) in [5.74, 6) is -1.25. The lowest BCUT2D eigenvalue weighted by atomic mass is 9.98. The standard InChI is InChI=1S/C21H23F2N3O/c22-17-8-7-15(11-18(17)23)12-25-10-4-2-5-16-13-26(14-20(16)25)21(27)19-6-1-3-9-24-19/h1,3,6-9,11,16,20H,2,4-5,10,12-14H2/t16-,20+/m0/s1. The van der Waals surface area contributed by atoms with Gasteiger partial charge < -0.3 is 4.90 Å². The molecule has 2 aromatic rings. The largest absolute Gasteiger partial charge is 0.335 e. The Morgan fingerprint density at radius 2 is 2.00 bits per heavy atom. The fraction of sp³-hybridized carbons (Fsp3) is 0.429. The molecular weight excluding hydrogens is 348 g/mol. The van der Waals surface area contributed by atoms with Gasteiger partial charge in [-0.1, -0.05) is 18.6 Å². The molecule has 0 aliphatic carbocycles. The van der Waals surface area contributed by atoms with Crippen molar-refractivity contribution >= 4 is 5.91 Å². The molecule has 3 heterocycles. The summed E-state index contributed by atoms with van der Waals surface area (Å²) in [6.07, 6.45) is 4.94. The van der Waals surface area contributed by atoms with E-state index in [4.69, 9.17) is 0 Å². The highest BCUT2D eigenvalue weighted by Crippen LogP contribution is 2.31. The second kappa shape index (κ2) is 7.72. The Bertz CT molecular complexity index is 814. The normalized spacial score (nSPS) is 23.1. The highest BCUT2D eigenvalue weighted by Gasteiger charge is 2.39.